The van der Waals surface area contributed by atoms with Crippen molar-refractivity contribution in [3.05, 3.63) is 29.8 Å². The lowest BCUT2D eigenvalue weighted by Gasteiger charge is -2.18. The number of ether oxygens (including phenoxy) is 2. The number of aromatic hydroxyl groups is 1. The first kappa shape index (κ1) is 26.4. The van der Waals surface area contributed by atoms with Crippen molar-refractivity contribution in [2.75, 3.05) is 20.8 Å². The molecule has 1 aromatic rings. The minimum Gasteiger partial charge on any atom is -0.508 e. The van der Waals surface area contributed by atoms with Crippen molar-refractivity contribution in [1.29, 1.82) is 0 Å². The summed E-state index contributed by atoms with van der Waals surface area (Å²) in [7, 11) is 2.22. The summed E-state index contributed by atoms with van der Waals surface area (Å²) < 4.78 is 8.97. The first-order valence-electron chi connectivity index (χ1n) is 9.63. The van der Waals surface area contributed by atoms with Crippen LogP contribution in [-0.4, -0.2) is 73.7 Å². The van der Waals surface area contributed by atoms with Crippen molar-refractivity contribution in [3.8, 4) is 5.75 Å². The highest BCUT2D eigenvalue weighted by molar-refractivity contribution is 5.93. The summed E-state index contributed by atoms with van der Waals surface area (Å²) in [5, 5.41) is 16.3. The van der Waals surface area contributed by atoms with E-state index in [4.69, 9.17) is 5.73 Å². The fraction of sp³-hybridized carbons (Fsp3) is 0.450. The van der Waals surface area contributed by atoms with Crippen LogP contribution in [0.2, 0.25) is 0 Å². The molecule has 0 bridgehead atoms. The highest BCUT2D eigenvalue weighted by atomic mass is 16.5. The van der Waals surface area contributed by atoms with Gasteiger partial charge >= 0.3 is 11.9 Å². The Morgan fingerprint density at radius 1 is 1.00 bits per heavy atom. The summed E-state index contributed by atoms with van der Waals surface area (Å²) in [5.41, 5.74) is 6.58. The molecule has 1 unspecified atom stereocenters. The Morgan fingerprint density at radius 3 is 2.19 bits per heavy atom. The fourth-order valence-electron chi connectivity index (χ4n) is 2.52. The van der Waals surface area contributed by atoms with E-state index in [1.165, 1.54) is 19.1 Å². The highest BCUT2D eigenvalue weighted by Gasteiger charge is 2.26. The molecule has 0 aliphatic heterocycles. The second-order valence-corrected chi connectivity index (χ2v) is 6.85. The number of nitrogens with one attached hydrogen (secondary N) is 3. The molecule has 1 aromatic carbocycles. The Hall–Kier alpha value is -3.67. The fourth-order valence-corrected chi connectivity index (χ4v) is 2.52. The van der Waals surface area contributed by atoms with E-state index >= 15 is 0 Å². The van der Waals surface area contributed by atoms with Crippen LogP contribution in [0.15, 0.2) is 24.3 Å². The Kier molecular flexibility index (Phi) is 10.6. The van der Waals surface area contributed by atoms with Gasteiger partial charge in [-0.3, -0.25) is 19.2 Å². The number of benzene rings is 1. The van der Waals surface area contributed by atoms with Gasteiger partial charge in [0, 0.05) is 0 Å². The van der Waals surface area contributed by atoms with Gasteiger partial charge in [0.15, 0.2) is 0 Å². The number of hydrogen-bond donors (Lipinski definition) is 5. The van der Waals surface area contributed by atoms with Crippen molar-refractivity contribution in [3.63, 3.8) is 0 Å². The summed E-state index contributed by atoms with van der Waals surface area (Å²) in [6.07, 6.45) is -0.244. The quantitative estimate of drug-likeness (QED) is 0.239. The van der Waals surface area contributed by atoms with Crippen LogP contribution in [-0.2, 0) is 39.9 Å². The average molecular weight is 452 g/mol. The number of carbonyl (C=O) groups excluding carboxylic acids is 5. The maximum Gasteiger partial charge on any atom is 0.328 e. The third-order valence-corrected chi connectivity index (χ3v) is 4.32. The van der Waals surface area contributed by atoms with Crippen molar-refractivity contribution in [2.24, 2.45) is 5.73 Å². The van der Waals surface area contributed by atoms with Crippen LogP contribution in [0.5, 0.6) is 5.75 Å². The highest BCUT2D eigenvalue weighted by Crippen LogP contribution is 2.11. The number of phenolic OH excluding ortho intramolecular Hbond substituents is 1. The molecule has 0 heterocycles. The summed E-state index contributed by atoms with van der Waals surface area (Å²) >= 11 is 0. The van der Waals surface area contributed by atoms with Gasteiger partial charge in [-0.05, 0) is 31.0 Å². The lowest BCUT2D eigenvalue weighted by molar-refractivity contribution is -0.150. The molecule has 3 amide bonds. The monoisotopic (exact) mass is 452 g/mol. The topological polar surface area (TPSA) is 186 Å². The SMILES string of the molecule is COC(=O)C[C@H](NC(=O)CNC(=O)[C@H](C)NC(=O)C(N)Cc1ccc(O)cc1)C(=O)OC. The summed E-state index contributed by atoms with van der Waals surface area (Å²) in [5.74, 6) is -3.48. The van der Waals surface area contributed by atoms with Gasteiger partial charge in [0.1, 0.15) is 17.8 Å². The lowest BCUT2D eigenvalue weighted by atomic mass is 10.1. The summed E-state index contributed by atoms with van der Waals surface area (Å²) in [6, 6.07) is 2.99. The van der Waals surface area contributed by atoms with Crippen LogP contribution >= 0.6 is 0 Å². The normalized spacial score (nSPS) is 13.1. The van der Waals surface area contributed by atoms with Gasteiger partial charge in [-0.15, -0.1) is 0 Å². The zero-order valence-corrected chi connectivity index (χ0v) is 18.0. The predicted octanol–water partition coefficient (Wildman–Crippen LogP) is -1.90. The molecule has 0 aliphatic rings. The van der Waals surface area contributed by atoms with Crippen LogP contribution in [0.1, 0.15) is 18.9 Å². The molecule has 0 fully saturated rings. The molecular formula is C20H28N4O8. The van der Waals surface area contributed by atoms with Crippen molar-refractivity contribution >= 4 is 29.7 Å². The van der Waals surface area contributed by atoms with E-state index in [9.17, 15) is 29.1 Å². The molecule has 1 rings (SSSR count). The second kappa shape index (κ2) is 12.9. The van der Waals surface area contributed by atoms with Crippen LogP contribution in [0.25, 0.3) is 0 Å². The maximum absolute atomic E-state index is 12.2. The first-order chi connectivity index (χ1) is 15.1. The number of hydrogen-bond acceptors (Lipinski definition) is 9. The van der Waals surface area contributed by atoms with E-state index in [1.807, 2.05) is 0 Å². The number of phenols is 1. The number of nitrogens with two attached hydrogens (primary N) is 1. The Labute approximate surface area is 184 Å². The second-order valence-electron chi connectivity index (χ2n) is 6.85. The number of esters is 2. The minimum atomic E-state index is -1.27. The van der Waals surface area contributed by atoms with Crippen molar-refractivity contribution in [2.45, 2.75) is 37.9 Å². The van der Waals surface area contributed by atoms with E-state index in [-0.39, 0.29) is 12.2 Å². The van der Waals surface area contributed by atoms with Gasteiger partial charge in [0.2, 0.25) is 17.7 Å². The molecule has 12 nitrogen and oxygen atoms in total. The minimum absolute atomic E-state index is 0.0873. The largest absolute Gasteiger partial charge is 0.508 e. The van der Waals surface area contributed by atoms with Crippen molar-refractivity contribution < 1.29 is 38.6 Å². The number of rotatable bonds is 11. The van der Waals surface area contributed by atoms with E-state index in [2.05, 4.69) is 25.4 Å². The van der Waals surface area contributed by atoms with Gasteiger partial charge in [0.25, 0.3) is 0 Å². The van der Waals surface area contributed by atoms with Crippen LogP contribution in [0.4, 0.5) is 0 Å². The standard InChI is InChI=1S/C20H28N4O8/c1-11(23-19(29)14(21)8-12-4-6-13(25)7-5-12)18(28)22-10-16(26)24-15(20(30)32-3)9-17(27)31-2/h4-7,11,14-15,25H,8-10,21H2,1-3H3,(H,22,28)(H,23,29)(H,24,26)/t11-,14?,15-/m0/s1. The van der Waals surface area contributed by atoms with E-state index in [0.29, 0.717) is 0 Å². The zero-order chi connectivity index (χ0) is 24.3. The van der Waals surface area contributed by atoms with Gasteiger partial charge in [-0.1, -0.05) is 12.1 Å². The average Bonchev–Trinajstić information content (AvgIpc) is 2.77. The van der Waals surface area contributed by atoms with Gasteiger partial charge in [-0.2, -0.15) is 0 Å². The molecule has 6 N–H and O–H groups in total. The third kappa shape index (κ3) is 9.00. The summed E-state index contributed by atoms with van der Waals surface area (Å²) in [4.78, 5) is 59.4. The molecule has 32 heavy (non-hydrogen) atoms. The Balaban J connectivity index is 2.50. The van der Waals surface area contributed by atoms with Crippen LogP contribution in [0, 0.1) is 0 Å². The van der Waals surface area contributed by atoms with Crippen molar-refractivity contribution in [1.82, 2.24) is 16.0 Å². The predicted molar refractivity (Wildman–Crippen MR) is 111 cm³/mol. The lowest BCUT2D eigenvalue weighted by Crippen LogP contribution is -2.53. The molecule has 0 saturated carbocycles. The maximum atomic E-state index is 12.2. The number of methoxy groups -OCH3 is 2. The molecule has 3 atom stereocenters. The van der Waals surface area contributed by atoms with E-state index < -0.39 is 60.8 Å². The zero-order valence-electron chi connectivity index (χ0n) is 18.0. The first-order valence-corrected chi connectivity index (χ1v) is 9.63. The van der Waals surface area contributed by atoms with Crippen LogP contribution in [0.3, 0.4) is 0 Å². The molecule has 0 saturated heterocycles. The molecule has 0 aliphatic carbocycles. The number of carbonyl (C=O) groups is 5. The number of amides is 3. The molecule has 176 valence electrons. The smallest absolute Gasteiger partial charge is 0.328 e. The van der Waals surface area contributed by atoms with E-state index in [1.54, 1.807) is 12.1 Å². The Morgan fingerprint density at radius 2 is 1.62 bits per heavy atom. The molecule has 12 heteroatoms. The third-order valence-electron chi connectivity index (χ3n) is 4.32. The molecule has 0 radical (unpaired) electrons. The van der Waals surface area contributed by atoms with Gasteiger partial charge < -0.3 is 36.3 Å². The molecular weight excluding hydrogens is 424 g/mol. The molecule has 0 aromatic heterocycles. The molecule has 0 spiro atoms. The van der Waals surface area contributed by atoms with Gasteiger partial charge in [0.05, 0.1) is 33.2 Å². The van der Waals surface area contributed by atoms with Crippen LogP contribution < -0.4 is 21.7 Å². The van der Waals surface area contributed by atoms with Gasteiger partial charge in [-0.25, -0.2) is 4.79 Å². The van der Waals surface area contributed by atoms with E-state index in [0.717, 1.165) is 19.8 Å². The Bertz CT molecular complexity index is 827. The summed E-state index contributed by atoms with van der Waals surface area (Å²) in [6.45, 7) is 0.903.